The van der Waals surface area contributed by atoms with E-state index in [1.54, 1.807) is 6.07 Å². The Labute approximate surface area is 197 Å². The largest absolute Gasteiger partial charge is 0.496 e. The first kappa shape index (κ1) is 24.5. The van der Waals surface area contributed by atoms with Gasteiger partial charge in [-0.3, -0.25) is 14.4 Å². The molecule has 0 aliphatic carbocycles. The number of benzene rings is 2. The van der Waals surface area contributed by atoms with Crippen molar-refractivity contribution in [1.29, 1.82) is 0 Å². The summed E-state index contributed by atoms with van der Waals surface area (Å²) in [5.41, 5.74) is 4.12. The Morgan fingerprint density at radius 2 is 1.82 bits per heavy atom. The molecule has 3 N–H and O–H groups in total. The molecule has 0 radical (unpaired) electrons. The van der Waals surface area contributed by atoms with Crippen molar-refractivity contribution in [3.8, 4) is 16.9 Å². The molecule has 3 amide bonds. The number of ether oxygens (including phenoxy) is 1. The fraction of sp³-hybridized carbons (Fsp3) is 0.280. The summed E-state index contributed by atoms with van der Waals surface area (Å²) < 4.78 is 5.50. The molecule has 2 atom stereocenters. The molecule has 1 heterocycles. The number of aliphatic carboxylic acids is 1. The molecule has 0 fully saturated rings. The van der Waals surface area contributed by atoms with Crippen molar-refractivity contribution in [1.82, 2.24) is 15.5 Å². The van der Waals surface area contributed by atoms with Gasteiger partial charge in [-0.2, -0.15) is 0 Å². The quantitative estimate of drug-likeness (QED) is 0.540. The van der Waals surface area contributed by atoms with Crippen molar-refractivity contribution >= 4 is 23.7 Å². The van der Waals surface area contributed by atoms with Gasteiger partial charge in [0, 0.05) is 24.9 Å². The summed E-state index contributed by atoms with van der Waals surface area (Å²) in [6, 6.07) is 8.18. The highest BCUT2D eigenvalue weighted by molar-refractivity contribution is 6.14. The van der Waals surface area contributed by atoms with E-state index in [1.165, 1.54) is 31.3 Å². The van der Waals surface area contributed by atoms with E-state index in [1.807, 2.05) is 44.2 Å². The van der Waals surface area contributed by atoms with Crippen LogP contribution in [0.3, 0.4) is 0 Å². The van der Waals surface area contributed by atoms with E-state index < -0.39 is 42.2 Å². The number of carboxylic acid groups (broad SMARTS) is 1. The lowest BCUT2D eigenvalue weighted by Gasteiger charge is -2.27. The second-order valence-corrected chi connectivity index (χ2v) is 8.04. The second-order valence-electron chi connectivity index (χ2n) is 8.04. The van der Waals surface area contributed by atoms with Gasteiger partial charge in [-0.15, -0.1) is 0 Å². The molecule has 0 aromatic heterocycles. The number of hydrogen-bond donors (Lipinski definition) is 3. The number of likely N-dealkylation sites (N-methyl/N-ethyl adjacent to an activating group) is 1. The van der Waals surface area contributed by atoms with Gasteiger partial charge in [-0.25, -0.2) is 4.79 Å². The van der Waals surface area contributed by atoms with Crippen molar-refractivity contribution in [2.45, 2.75) is 32.4 Å². The number of aryl methyl sites for hydroxylation is 1. The van der Waals surface area contributed by atoms with Gasteiger partial charge in [0.2, 0.25) is 0 Å². The van der Waals surface area contributed by atoms with Gasteiger partial charge in [0.05, 0.1) is 19.6 Å². The number of rotatable bonds is 7. The normalized spacial score (nSPS) is 16.2. The minimum absolute atomic E-state index is 0.411. The number of nitrogens with zero attached hydrogens (tertiary/aromatic N) is 1. The molecule has 0 saturated heterocycles. The van der Waals surface area contributed by atoms with Gasteiger partial charge in [0.1, 0.15) is 5.75 Å². The highest BCUT2D eigenvalue weighted by Gasteiger charge is 2.33. The zero-order valence-corrected chi connectivity index (χ0v) is 19.4. The van der Waals surface area contributed by atoms with E-state index in [0.29, 0.717) is 11.3 Å². The molecule has 0 saturated carbocycles. The maximum atomic E-state index is 12.8. The standard InChI is InChI=1S/C25H27N3O6/c1-14-7-5-6-8-16(14)17-9-10-20(34-4)22(15(17)2)18(13-21(30)31)26-25(33)27-23-19(29)11-12-28(3)24(23)32/h5-12,18,23H,13H2,1-4H3,(H,30,31)(H2,26,27,33). The Hall–Kier alpha value is -4.14. The summed E-state index contributed by atoms with van der Waals surface area (Å²) in [4.78, 5) is 50.1. The molecule has 3 rings (SSSR count). The monoisotopic (exact) mass is 465 g/mol. The lowest BCUT2D eigenvalue weighted by Crippen LogP contribution is -2.55. The lowest BCUT2D eigenvalue weighted by molar-refractivity contribution is -0.138. The molecule has 0 bridgehead atoms. The van der Waals surface area contributed by atoms with E-state index in [9.17, 15) is 24.3 Å². The van der Waals surface area contributed by atoms with E-state index in [2.05, 4.69) is 10.6 Å². The number of hydrogen-bond acceptors (Lipinski definition) is 5. The molecule has 0 spiro atoms. The van der Waals surface area contributed by atoms with Gasteiger partial charge < -0.3 is 25.4 Å². The number of carbonyl (C=O) groups excluding carboxylic acids is 3. The molecule has 2 aromatic rings. The topological polar surface area (TPSA) is 125 Å². The van der Waals surface area contributed by atoms with Gasteiger partial charge in [-0.1, -0.05) is 30.3 Å². The first-order valence-electron chi connectivity index (χ1n) is 10.6. The summed E-state index contributed by atoms with van der Waals surface area (Å²) in [5, 5.41) is 14.5. The maximum Gasteiger partial charge on any atom is 0.316 e. The predicted molar refractivity (Wildman–Crippen MR) is 125 cm³/mol. The van der Waals surface area contributed by atoms with Crippen molar-refractivity contribution in [2.24, 2.45) is 0 Å². The maximum absolute atomic E-state index is 12.8. The average molecular weight is 466 g/mol. The highest BCUT2D eigenvalue weighted by atomic mass is 16.5. The van der Waals surface area contributed by atoms with Crippen LogP contribution in [-0.2, 0) is 14.4 Å². The molecule has 178 valence electrons. The highest BCUT2D eigenvalue weighted by Crippen LogP contribution is 2.37. The predicted octanol–water partition coefficient (Wildman–Crippen LogP) is 2.72. The van der Waals surface area contributed by atoms with Crippen LogP contribution in [0.4, 0.5) is 4.79 Å². The van der Waals surface area contributed by atoms with Crippen molar-refractivity contribution < 1.29 is 29.0 Å². The van der Waals surface area contributed by atoms with E-state index in [4.69, 9.17) is 4.74 Å². The van der Waals surface area contributed by atoms with Crippen LogP contribution in [0, 0.1) is 13.8 Å². The number of carbonyl (C=O) groups is 4. The first-order chi connectivity index (χ1) is 16.1. The number of ketones is 1. The van der Waals surface area contributed by atoms with E-state index in [-0.39, 0.29) is 0 Å². The molecule has 9 heteroatoms. The molecule has 2 aromatic carbocycles. The Morgan fingerprint density at radius 1 is 1.12 bits per heavy atom. The fourth-order valence-corrected chi connectivity index (χ4v) is 4.03. The summed E-state index contributed by atoms with van der Waals surface area (Å²) in [7, 11) is 2.93. The Bertz CT molecular complexity index is 1170. The zero-order valence-electron chi connectivity index (χ0n) is 19.4. The molecular weight excluding hydrogens is 438 g/mol. The third-order valence-electron chi connectivity index (χ3n) is 5.78. The van der Waals surface area contributed by atoms with Crippen LogP contribution >= 0.6 is 0 Å². The number of urea groups is 1. The number of amides is 3. The summed E-state index contributed by atoms with van der Waals surface area (Å²) in [5.74, 6) is -1.88. The Kier molecular flexibility index (Phi) is 7.35. The minimum atomic E-state index is -1.39. The number of methoxy groups -OCH3 is 1. The van der Waals surface area contributed by atoms with Gasteiger partial charge in [0.25, 0.3) is 5.91 Å². The number of nitrogens with one attached hydrogen (secondary N) is 2. The van der Waals surface area contributed by atoms with E-state index >= 15 is 0 Å². The van der Waals surface area contributed by atoms with Crippen LogP contribution in [0.15, 0.2) is 48.7 Å². The molecule has 9 nitrogen and oxygen atoms in total. The van der Waals surface area contributed by atoms with E-state index in [0.717, 1.165) is 22.3 Å². The number of carboxylic acids is 1. The van der Waals surface area contributed by atoms with Crippen LogP contribution in [0.5, 0.6) is 5.75 Å². The minimum Gasteiger partial charge on any atom is -0.496 e. The lowest BCUT2D eigenvalue weighted by atomic mass is 9.89. The summed E-state index contributed by atoms with van der Waals surface area (Å²) in [6.45, 7) is 3.81. The Morgan fingerprint density at radius 3 is 2.47 bits per heavy atom. The SMILES string of the molecule is COc1ccc(-c2ccccc2C)c(C)c1C(CC(=O)O)NC(=O)NC1C(=O)C=CN(C)C1=O. The summed E-state index contributed by atoms with van der Waals surface area (Å²) >= 11 is 0. The van der Waals surface area contributed by atoms with Crippen LogP contribution in [-0.4, -0.2) is 53.9 Å². The average Bonchev–Trinajstić information content (AvgIpc) is 2.79. The molecule has 2 unspecified atom stereocenters. The third kappa shape index (κ3) is 5.09. The van der Waals surface area contributed by atoms with Gasteiger partial charge in [0.15, 0.2) is 11.8 Å². The molecule has 1 aliphatic heterocycles. The van der Waals surface area contributed by atoms with Crippen molar-refractivity contribution in [3.63, 3.8) is 0 Å². The second kappa shape index (κ2) is 10.2. The smallest absolute Gasteiger partial charge is 0.316 e. The summed E-state index contributed by atoms with van der Waals surface area (Å²) in [6.07, 6.45) is 2.08. The molecule has 1 aliphatic rings. The van der Waals surface area contributed by atoms with Gasteiger partial charge >= 0.3 is 12.0 Å². The first-order valence-corrected chi connectivity index (χ1v) is 10.6. The zero-order chi connectivity index (χ0) is 25.0. The van der Waals surface area contributed by atoms with Crippen molar-refractivity contribution in [3.05, 3.63) is 65.4 Å². The van der Waals surface area contributed by atoms with Crippen LogP contribution in [0.2, 0.25) is 0 Å². The van der Waals surface area contributed by atoms with Crippen LogP contribution in [0.1, 0.15) is 29.2 Å². The third-order valence-corrected chi connectivity index (χ3v) is 5.78. The van der Waals surface area contributed by atoms with Gasteiger partial charge in [-0.05, 0) is 42.2 Å². The Balaban J connectivity index is 1.98. The fourth-order valence-electron chi connectivity index (χ4n) is 4.03. The van der Waals surface area contributed by atoms with Crippen LogP contribution < -0.4 is 15.4 Å². The van der Waals surface area contributed by atoms with Crippen LogP contribution in [0.25, 0.3) is 11.1 Å². The molecule has 34 heavy (non-hydrogen) atoms. The van der Waals surface area contributed by atoms with Crippen molar-refractivity contribution in [2.75, 3.05) is 14.2 Å². The molecular formula is C25H27N3O6.